The SMILES string of the molecule is C=C1NC(=O)N(C(C)C)N=C1N. The lowest BCUT2D eigenvalue weighted by atomic mass is 10.3. The highest BCUT2D eigenvalue weighted by Crippen LogP contribution is 2.06. The molecule has 0 unspecified atom stereocenters. The van der Waals surface area contributed by atoms with Crippen molar-refractivity contribution < 1.29 is 4.79 Å². The van der Waals surface area contributed by atoms with E-state index in [0.717, 1.165) is 0 Å². The number of rotatable bonds is 1. The van der Waals surface area contributed by atoms with Crippen LogP contribution in [-0.2, 0) is 0 Å². The summed E-state index contributed by atoms with van der Waals surface area (Å²) in [4.78, 5) is 11.2. The highest BCUT2D eigenvalue weighted by molar-refractivity contribution is 6.02. The maximum atomic E-state index is 11.2. The third-order valence-electron chi connectivity index (χ3n) is 1.48. The first-order valence-electron chi connectivity index (χ1n) is 3.66. The molecule has 1 aliphatic heterocycles. The second kappa shape index (κ2) is 2.84. The number of hydrogen-bond acceptors (Lipinski definition) is 3. The minimum atomic E-state index is -0.288. The molecule has 0 aromatic rings. The predicted octanol–water partition coefficient (Wildman–Crippen LogP) is 0.206. The largest absolute Gasteiger partial charge is 0.381 e. The van der Waals surface area contributed by atoms with Crippen LogP contribution in [0.4, 0.5) is 4.79 Å². The van der Waals surface area contributed by atoms with E-state index in [9.17, 15) is 4.79 Å². The fourth-order valence-corrected chi connectivity index (χ4v) is 0.822. The Morgan fingerprint density at radius 1 is 1.67 bits per heavy atom. The summed E-state index contributed by atoms with van der Waals surface area (Å²) in [5.74, 6) is 0.253. The maximum absolute atomic E-state index is 11.2. The maximum Gasteiger partial charge on any atom is 0.342 e. The molecule has 0 fully saturated rings. The molecule has 0 aromatic carbocycles. The van der Waals surface area contributed by atoms with Gasteiger partial charge in [-0.1, -0.05) is 6.58 Å². The number of nitrogens with two attached hydrogens (primary N) is 1. The van der Waals surface area contributed by atoms with E-state index in [1.165, 1.54) is 5.01 Å². The number of nitrogens with one attached hydrogen (secondary N) is 1. The summed E-state index contributed by atoms with van der Waals surface area (Å²) in [6.07, 6.45) is 0. The number of amides is 2. The van der Waals surface area contributed by atoms with Crippen LogP contribution in [0.25, 0.3) is 0 Å². The van der Waals surface area contributed by atoms with Gasteiger partial charge in [-0.2, -0.15) is 0 Å². The lowest BCUT2D eigenvalue weighted by Gasteiger charge is -2.26. The van der Waals surface area contributed by atoms with E-state index in [4.69, 9.17) is 5.73 Å². The van der Waals surface area contributed by atoms with Crippen molar-refractivity contribution in [2.24, 2.45) is 10.8 Å². The molecular formula is C7H12N4O. The number of carbonyl (C=O) groups excluding carboxylic acids is 1. The van der Waals surface area contributed by atoms with Crippen molar-refractivity contribution in [2.45, 2.75) is 19.9 Å². The van der Waals surface area contributed by atoms with E-state index in [2.05, 4.69) is 17.0 Å². The fourth-order valence-electron chi connectivity index (χ4n) is 0.822. The number of urea groups is 1. The average Bonchev–Trinajstić information content (AvgIpc) is 1.96. The first-order valence-corrected chi connectivity index (χ1v) is 3.66. The third-order valence-corrected chi connectivity index (χ3v) is 1.48. The summed E-state index contributed by atoms with van der Waals surface area (Å²) >= 11 is 0. The van der Waals surface area contributed by atoms with E-state index >= 15 is 0 Å². The molecule has 0 atom stereocenters. The van der Waals surface area contributed by atoms with Gasteiger partial charge in [0.25, 0.3) is 0 Å². The Labute approximate surface area is 70.9 Å². The first-order chi connectivity index (χ1) is 5.52. The lowest BCUT2D eigenvalue weighted by molar-refractivity contribution is 0.186. The predicted molar refractivity (Wildman–Crippen MR) is 46.3 cm³/mol. The summed E-state index contributed by atoms with van der Waals surface area (Å²) in [6.45, 7) is 7.23. The van der Waals surface area contributed by atoms with Gasteiger partial charge < -0.3 is 11.1 Å². The molecule has 1 heterocycles. The van der Waals surface area contributed by atoms with Crippen molar-refractivity contribution >= 4 is 11.9 Å². The van der Waals surface area contributed by atoms with Crippen LogP contribution in [0.15, 0.2) is 17.4 Å². The summed E-state index contributed by atoms with van der Waals surface area (Å²) in [6, 6.07) is -0.291. The smallest absolute Gasteiger partial charge is 0.342 e. The molecule has 0 aliphatic carbocycles. The van der Waals surface area contributed by atoms with Gasteiger partial charge >= 0.3 is 6.03 Å². The highest BCUT2D eigenvalue weighted by Gasteiger charge is 2.22. The van der Waals surface area contributed by atoms with Crippen LogP contribution in [0.5, 0.6) is 0 Å². The molecule has 66 valence electrons. The molecule has 3 N–H and O–H groups in total. The second-order valence-corrected chi connectivity index (χ2v) is 2.83. The standard InChI is InChI=1S/C7H12N4O/c1-4(2)11-7(12)9-5(3)6(8)10-11/h4H,3H2,1-2H3,(H2,8,10)(H,9,12). The van der Waals surface area contributed by atoms with Crippen LogP contribution in [0.3, 0.4) is 0 Å². The zero-order valence-corrected chi connectivity index (χ0v) is 7.16. The van der Waals surface area contributed by atoms with Gasteiger partial charge in [0, 0.05) is 0 Å². The van der Waals surface area contributed by atoms with E-state index < -0.39 is 0 Å². The van der Waals surface area contributed by atoms with Gasteiger partial charge in [-0.3, -0.25) is 0 Å². The summed E-state index contributed by atoms with van der Waals surface area (Å²) in [7, 11) is 0. The molecule has 1 rings (SSSR count). The van der Waals surface area contributed by atoms with E-state index in [1.54, 1.807) is 0 Å². The Hall–Kier alpha value is -1.52. The number of amidine groups is 1. The normalized spacial score (nSPS) is 17.9. The second-order valence-electron chi connectivity index (χ2n) is 2.83. The Balaban J connectivity index is 2.90. The average molecular weight is 168 g/mol. The molecule has 0 radical (unpaired) electrons. The van der Waals surface area contributed by atoms with Crippen LogP contribution in [-0.4, -0.2) is 22.9 Å². The Kier molecular flexibility index (Phi) is 2.03. The molecular weight excluding hydrogens is 156 g/mol. The first kappa shape index (κ1) is 8.58. The quantitative estimate of drug-likeness (QED) is 0.587. The number of hydrazone groups is 1. The molecule has 1 aliphatic rings. The minimum absolute atomic E-state index is 0.00310. The fraction of sp³-hybridized carbons (Fsp3) is 0.429. The summed E-state index contributed by atoms with van der Waals surface area (Å²) in [5, 5.41) is 7.64. The minimum Gasteiger partial charge on any atom is -0.381 e. The number of hydrogen-bond donors (Lipinski definition) is 2. The number of nitrogens with zero attached hydrogens (tertiary/aromatic N) is 2. The molecule has 0 spiro atoms. The van der Waals surface area contributed by atoms with Crippen LogP contribution in [0.1, 0.15) is 13.8 Å². The monoisotopic (exact) mass is 168 g/mol. The molecule has 5 heteroatoms. The van der Waals surface area contributed by atoms with Gasteiger partial charge in [0.15, 0.2) is 5.84 Å². The highest BCUT2D eigenvalue weighted by atomic mass is 16.2. The van der Waals surface area contributed by atoms with Crippen molar-refractivity contribution in [3.05, 3.63) is 12.3 Å². The topological polar surface area (TPSA) is 70.7 Å². The van der Waals surface area contributed by atoms with Crippen LogP contribution < -0.4 is 11.1 Å². The molecule has 0 aromatic heterocycles. The molecule has 0 saturated carbocycles. The van der Waals surface area contributed by atoms with Gasteiger partial charge in [-0.05, 0) is 13.8 Å². The van der Waals surface area contributed by atoms with E-state index in [-0.39, 0.29) is 17.9 Å². The van der Waals surface area contributed by atoms with Crippen LogP contribution in [0.2, 0.25) is 0 Å². The van der Waals surface area contributed by atoms with Gasteiger partial charge in [-0.15, -0.1) is 5.10 Å². The summed E-state index contributed by atoms with van der Waals surface area (Å²) in [5.41, 5.74) is 5.82. The van der Waals surface area contributed by atoms with Crippen molar-refractivity contribution in [2.75, 3.05) is 0 Å². The molecule has 5 nitrogen and oxygen atoms in total. The Morgan fingerprint density at radius 3 is 2.75 bits per heavy atom. The van der Waals surface area contributed by atoms with Crippen molar-refractivity contribution in [3.63, 3.8) is 0 Å². The zero-order chi connectivity index (χ0) is 9.30. The van der Waals surface area contributed by atoms with Crippen molar-refractivity contribution in [1.82, 2.24) is 10.3 Å². The third kappa shape index (κ3) is 1.39. The molecule has 0 saturated heterocycles. The van der Waals surface area contributed by atoms with Gasteiger partial charge in [0.1, 0.15) is 0 Å². The zero-order valence-electron chi connectivity index (χ0n) is 7.16. The number of carbonyl (C=O) groups is 1. The summed E-state index contributed by atoms with van der Waals surface area (Å²) < 4.78 is 0. The Morgan fingerprint density at radius 2 is 2.25 bits per heavy atom. The molecule has 2 amide bonds. The van der Waals surface area contributed by atoms with Crippen molar-refractivity contribution in [1.29, 1.82) is 0 Å². The van der Waals surface area contributed by atoms with Gasteiger partial charge in [0.2, 0.25) is 0 Å². The van der Waals surface area contributed by atoms with E-state index in [1.807, 2.05) is 13.8 Å². The molecule has 12 heavy (non-hydrogen) atoms. The van der Waals surface area contributed by atoms with Gasteiger partial charge in [-0.25, -0.2) is 9.80 Å². The lowest BCUT2D eigenvalue weighted by Crippen LogP contribution is -2.48. The molecule has 0 bridgehead atoms. The van der Waals surface area contributed by atoms with Crippen LogP contribution >= 0.6 is 0 Å². The van der Waals surface area contributed by atoms with E-state index in [0.29, 0.717) is 5.70 Å². The van der Waals surface area contributed by atoms with Gasteiger partial charge in [0.05, 0.1) is 11.7 Å². The van der Waals surface area contributed by atoms with Crippen molar-refractivity contribution in [3.8, 4) is 0 Å². The van der Waals surface area contributed by atoms with Crippen LogP contribution in [0, 0.1) is 0 Å². The Bertz CT molecular complexity index is 256.